The number of benzene rings is 4. The first kappa shape index (κ1) is 35.0. The summed E-state index contributed by atoms with van der Waals surface area (Å²) < 4.78 is 0. The summed E-state index contributed by atoms with van der Waals surface area (Å²) in [4.78, 5) is 16.3. The monoisotopic (exact) mass is 787 g/mol. The summed E-state index contributed by atoms with van der Waals surface area (Å²) in [5, 5.41) is 10.5. The summed E-state index contributed by atoms with van der Waals surface area (Å²) in [6, 6.07) is 35.9. The topological polar surface area (TPSA) is 50.2 Å². The van der Waals surface area contributed by atoms with Gasteiger partial charge in [0, 0.05) is 49.8 Å². The zero-order valence-electron chi connectivity index (χ0n) is 27.9. The van der Waals surface area contributed by atoms with Crippen molar-refractivity contribution in [2.75, 3.05) is 0 Å². The first-order valence-corrected chi connectivity index (χ1v) is 16.0. The second-order valence-electron chi connectivity index (χ2n) is 13.6. The van der Waals surface area contributed by atoms with Crippen LogP contribution in [0.4, 0.5) is 0 Å². The van der Waals surface area contributed by atoms with Crippen LogP contribution in [0.3, 0.4) is 0 Å². The molecule has 1 radical (unpaired) electrons. The van der Waals surface area contributed by atoms with Crippen LogP contribution in [-0.2, 0) is 30.3 Å². The minimum atomic E-state index is -0.0415. The van der Waals surface area contributed by atoms with Crippen LogP contribution in [0, 0.1) is 24.8 Å². The third-order valence-electron chi connectivity index (χ3n) is 8.38. The van der Waals surface area contributed by atoms with Gasteiger partial charge in [0.2, 0.25) is 0 Å². The Kier molecular flexibility index (Phi) is 11.2. The Morgan fingerprint density at radius 2 is 1.54 bits per heavy atom. The van der Waals surface area contributed by atoms with Crippen molar-refractivity contribution < 1.29 is 30.0 Å². The van der Waals surface area contributed by atoms with Crippen LogP contribution in [0.15, 0.2) is 103 Å². The molecule has 0 spiro atoms. The van der Waals surface area contributed by atoms with Crippen molar-refractivity contribution in [3.63, 3.8) is 0 Å². The number of nitrogens with zero attached hydrogens (tertiary/aromatic N) is 1. The van der Waals surface area contributed by atoms with Crippen molar-refractivity contribution in [1.29, 1.82) is 0 Å². The van der Waals surface area contributed by atoms with Gasteiger partial charge in [-0.05, 0) is 70.0 Å². The van der Waals surface area contributed by atoms with Crippen LogP contribution in [0.25, 0.3) is 44.4 Å². The van der Waals surface area contributed by atoms with Gasteiger partial charge in [-0.2, -0.15) is 0 Å². The van der Waals surface area contributed by atoms with Gasteiger partial charge in [0.05, 0.1) is 11.3 Å². The molecule has 0 amide bonds. The molecule has 0 unspecified atom stereocenters. The molecular weight excluding hydrogens is 743 g/mol. The Hall–Kier alpha value is -3.85. The molecule has 0 saturated carbocycles. The molecular formula is C42H44IrNO2-. The van der Waals surface area contributed by atoms with Crippen LogP contribution >= 0.6 is 0 Å². The van der Waals surface area contributed by atoms with E-state index in [4.69, 9.17) is 4.98 Å². The average molecular weight is 787 g/mol. The van der Waals surface area contributed by atoms with E-state index in [1.165, 1.54) is 50.4 Å². The number of allylic oxidation sites excluding steroid dienone is 2. The summed E-state index contributed by atoms with van der Waals surface area (Å²) in [5.41, 5.74) is 12.1. The van der Waals surface area contributed by atoms with Crippen LogP contribution in [0.2, 0.25) is 0 Å². The van der Waals surface area contributed by atoms with E-state index in [2.05, 4.69) is 99.6 Å². The molecule has 0 bridgehead atoms. The van der Waals surface area contributed by atoms with Gasteiger partial charge in [-0.3, -0.25) is 9.78 Å². The van der Waals surface area contributed by atoms with E-state index in [0.29, 0.717) is 24.7 Å². The maximum Gasteiger partial charge on any atom is 0.159 e. The fraction of sp³-hybridized carbons (Fsp3) is 0.286. The predicted molar refractivity (Wildman–Crippen MR) is 188 cm³/mol. The van der Waals surface area contributed by atoms with Crippen molar-refractivity contribution in [1.82, 2.24) is 4.98 Å². The molecule has 4 heteroatoms. The normalized spacial score (nSPS) is 13.1. The van der Waals surface area contributed by atoms with Crippen molar-refractivity contribution in [2.24, 2.45) is 11.8 Å². The van der Waals surface area contributed by atoms with E-state index >= 15 is 0 Å². The molecule has 1 N–H and O–H groups in total. The number of ketones is 1. The number of hydrogen-bond donors (Lipinski definition) is 1. The van der Waals surface area contributed by atoms with Crippen molar-refractivity contribution in [3.8, 4) is 33.5 Å². The number of fused-ring (bicyclic) bond motifs is 4. The molecule has 1 aliphatic rings. The molecule has 0 saturated heterocycles. The molecule has 4 aromatic carbocycles. The number of aryl methyl sites for hydroxylation is 1. The van der Waals surface area contributed by atoms with Gasteiger partial charge < -0.3 is 5.11 Å². The summed E-state index contributed by atoms with van der Waals surface area (Å²) >= 11 is 0. The van der Waals surface area contributed by atoms with Gasteiger partial charge >= 0.3 is 0 Å². The molecule has 0 aliphatic heterocycles. The Morgan fingerprint density at radius 3 is 2.22 bits per heavy atom. The van der Waals surface area contributed by atoms with Gasteiger partial charge in [0.25, 0.3) is 0 Å². The van der Waals surface area contributed by atoms with E-state index in [-0.39, 0.29) is 37.1 Å². The smallest absolute Gasteiger partial charge is 0.159 e. The van der Waals surface area contributed by atoms with E-state index < -0.39 is 0 Å². The fourth-order valence-electron chi connectivity index (χ4n) is 6.29. The van der Waals surface area contributed by atoms with Crippen LogP contribution < -0.4 is 0 Å². The zero-order chi connectivity index (χ0) is 32.3. The first-order valence-electron chi connectivity index (χ1n) is 16.0. The molecule has 1 aromatic heterocycles. The zero-order valence-corrected chi connectivity index (χ0v) is 30.3. The third kappa shape index (κ3) is 7.74. The maximum absolute atomic E-state index is 11.2. The van der Waals surface area contributed by atoms with Crippen LogP contribution in [0.5, 0.6) is 0 Å². The Labute approximate surface area is 288 Å². The van der Waals surface area contributed by atoms with Gasteiger partial charge in [0.15, 0.2) is 5.78 Å². The second-order valence-corrected chi connectivity index (χ2v) is 13.6. The Balaban J connectivity index is 0.000000295. The average Bonchev–Trinajstić information content (AvgIpc) is 3.21. The summed E-state index contributed by atoms with van der Waals surface area (Å²) in [7, 11) is 0. The molecule has 0 atom stereocenters. The van der Waals surface area contributed by atoms with E-state index in [1.54, 1.807) is 0 Å². The molecule has 239 valence electrons. The minimum absolute atomic E-state index is 0. The van der Waals surface area contributed by atoms with Crippen LogP contribution in [0.1, 0.15) is 71.1 Å². The standard InChI is InChI=1S/C31H24N.C11H20O2.Ir/c1-20-10-9-13-22(16-20)24-18-29(21-11-5-4-6-12-21)32-30-19-28-25(17-26(24)30)23-14-7-8-15-27(23)31(28,2)3;1-8(2)5-10(12)7-11(13)6-9(3)4;/h4-11,13-19H,1-3H3;7-9,12H,5-6H2,1-4H3;/q-1;;/b;10-7-;. The summed E-state index contributed by atoms with van der Waals surface area (Å²) in [6.45, 7) is 14.8. The van der Waals surface area contributed by atoms with Gasteiger partial charge in [-0.25, -0.2) is 0 Å². The number of rotatable bonds is 7. The molecule has 0 fully saturated rings. The number of hydrogen-bond acceptors (Lipinski definition) is 3. The summed E-state index contributed by atoms with van der Waals surface area (Å²) in [6.07, 6.45) is 2.46. The third-order valence-corrected chi connectivity index (χ3v) is 8.38. The number of aliphatic hydroxyl groups is 1. The molecule has 5 aromatic rings. The van der Waals surface area contributed by atoms with Gasteiger partial charge in [-0.15, -0.1) is 35.9 Å². The molecule has 1 heterocycles. The van der Waals surface area contributed by atoms with Crippen molar-refractivity contribution >= 4 is 16.7 Å². The van der Waals surface area contributed by atoms with E-state index in [9.17, 15) is 9.90 Å². The molecule has 3 nitrogen and oxygen atoms in total. The number of aromatic nitrogens is 1. The van der Waals surface area contributed by atoms with Crippen LogP contribution in [-0.4, -0.2) is 15.9 Å². The fourth-order valence-corrected chi connectivity index (χ4v) is 6.29. The maximum atomic E-state index is 11.2. The van der Waals surface area contributed by atoms with E-state index in [1.807, 2.05) is 45.9 Å². The van der Waals surface area contributed by atoms with Crippen molar-refractivity contribution in [2.45, 2.75) is 66.7 Å². The SMILES string of the molecule is CC(C)CC(=O)/C=C(\O)CC(C)C.Cc1cccc(-c2cc(-c3[c-]cccc3)nc3cc4c(cc23)-c2ccccc2C4(C)C)c1.[Ir]. The molecule has 6 rings (SSSR count). The molecule has 1 aliphatic carbocycles. The van der Waals surface area contributed by atoms with Gasteiger partial charge in [0.1, 0.15) is 0 Å². The Morgan fingerprint density at radius 1 is 0.826 bits per heavy atom. The molecule has 46 heavy (non-hydrogen) atoms. The second kappa shape index (κ2) is 14.7. The minimum Gasteiger partial charge on any atom is -0.512 e. The van der Waals surface area contributed by atoms with E-state index in [0.717, 1.165) is 16.8 Å². The predicted octanol–water partition coefficient (Wildman–Crippen LogP) is 11.1. The number of carbonyl (C=O) groups is 1. The number of pyridine rings is 1. The number of aliphatic hydroxyl groups excluding tert-OH is 1. The summed E-state index contributed by atoms with van der Waals surface area (Å²) in [5.74, 6) is 0.979. The largest absolute Gasteiger partial charge is 0.512 e. The van der Waals surface area contributed by atoms with Crippen molar-refractivity contribution in [3.05, 3.63) is 126 Å². The van der Waals surface area contributed by atoms with Gasteiger partial charge in [-0.1, -0.05) is 102 Å². The number of carbonyl (C=O) groups excluding carboxylic acids is 1. The quantitative estimate of drug-likeness (QED) is 0.102. The first-order chi connectivity index (χ1) is 21.4. The Bertz CT molecular complexity index is 1870.